The van der Waals surface area contributed by atoms with Gasteiger partial charge in [-0.05, 0) is 12.8 Å². The molecule has 14 heavy (non-hydrogen) atoms. The van der Waals surface area contributed by atoms with Crippen molar-refractivity contribution in [3.63, 3.8) is 0 Å². The van der Waals surface area contributed by atoms with E-state index in [2.05, 4.69) is 10.1 Å². The molecule has 1 saturated carbocycles. The van der Waals surface area contributed by atoms with Gasteiger partial charge < -0.3 is 10.5 Å². The van der Waals surface area contributed by atoms with Crippen molar-refractivity contribution in [3.05, 3.63) is 0 Å². The van der Waals surface area contributed by atoms with Crippen molar-refractivity contribution in [3.8, 4) is 6.01 Å². The van der Waals surface area contributed by atoms with Gasteiger partial charge in [-0.2, -0.15) is 4.98 Å². The average Bonchev–Trinajstić information content (AvgIpc) is 2.61. The summed E-state index contributed by atoms with van der Waals surface area (Å²) in [5, 5.41) is 4.21. The summed E-state index contributed by atoms with van der Waals surface area (Å²) in [5.41, 5.74) is 5.76. The summed E-state index contributed by atoms with van der Waals surface area (Å²) < 4.78 is 6.75. The van der Waals surface area contributed by atoms with Crippen LogP contribution in [0.5, 0.6) is 6.01 Å². The summed E-state index contributed by atoms with van der Waals surface area (Å²) in [6.07, 6.45) is 6.13. The van der Waals surface area contributed by atoms with Crippen molar-refractivity contribution in [2.75, 3.05) is 12.8 Å². The molecule has 2 N–H and O–H groups in total. The molecule has 0 aliphatic heterocycles. The van der Waals surface area contributed by atoms with Gasteiger partial charge in [-0.1, -0.05) is 19.3 Å². The predicted molar refractivity (Wildman–Crippen MR) is 53.1 cm³/mol. The van der Waals surface area contributed by atoms with E-state index in [1.807, 2.05) is 0 Å². The molecule has 0 amide bonds. The lowest BCUT2D eigenvalue weighted by Gasteiger charge is -2.21. The Balaban J connectivity index is 2.17. The Kier molecular flexibility index (Phi) is 2.56. The molecular weight excluding hydrogens is 180 g/mol. The second-order valence-corrected chi connectivity index (χ2v) is 3.69. The smallest absolute Gasteiger partial charge is 0.337 e. The van der Waals surface area contributed by atoms with E-state index in [-0.39, 0.29) is 0 Å². The monoisotopic (exact) mass is 196 g/mol. The Morgan fingerprint density at radius 2 is 2.07 bits per heavy atom. The van der Waals surface area contributed by atoms with Crippen LogP contribution in [0.1, 0.15) is 38.1 Å². The molecule has 0 radical (unpaired) electrons. The van der Waals surface area contributed by atoms with E-state index in [4.69, 9.17) is 10.5 Å². The topological polar surface area (TPSA) is 66.0 Å². The molecule has 5 heteroatoms. The minimum absolute atomic E-state index is 0.369. The van der Waals surface area contributed by atoms with Gasteiger partial charge in [-0.15, -0.1) is 5.10 Å². The van der Waals surface area contributed by atoms with Crippen LogP contribution in [0.4, 0.5) is 5.95 Å². The van der Waals surface area contributed by atoms with Gasteiger partial charge in [0.25, 0.3) is 0 Å². The summed E-state index contributed by atoms with van der Waals surface area (Å²) in [4.78, 5) is 4.01. The first kappa shape index (κ1) is 9.30. The molecule has 78 valence electrons. The fourth-order valence-electron chi connectivity index (χ4n) is 2.00. The first-order valence-electron chi connectivity index (χ1n) is 5.07. The molecule has 0 spiro atoms. The maximum absolute atomic E-state index is 5.76. The van der Waals surface area contributed by atoms with Crippen molar-refractivity contribution in [2.45, 2.75) is 38.1 Å². The maximum Gasteiger partial charge on any atom is 0.337 e. The highest BCUT2D eigenvalue weighted by Crippen LogP contribution is 2.29. The van der Waals surface area contributed by atoms with Gasteiger partial charge in [0.1, 0.15) is 0 Å². The lowest BCUT2D eigenvalue weighted by Crippen LogP contribution is -2.16. The SMILES string of the molecule is COc1nc(N)n(C2CCCCC2)n1. The molecule has 5 nitrogen and oxygen atoms in total. The molecule has 0 unspecified atom stereocenters. The Hall–Kier alpha value is -1.26. The zero-order valence-electron chi connectivity index (χ0n) is 8.44. The minimum atomic E-state index is 0.369. The standard InChI is InChI=1S/C9H16N4O/c1-14-9-11-8(10)13(12-9)7-5-3-2-4-6-7/h7H,2-6H2,1H3,(H2,10,11,12). The Labute approximate surface area is 83.3 Å². The second kappa shape index (κ2) is 3.86. The molecular formula is C9H16N4O. The van der Waals surface area contributed by atoms with E-state index in [0.29, 0.717) is 18.0 Å². The molecule has 1 heterocycles. The first-order valence-corrected chi connectivity index (χ1v) is 5.07. The number of methoxy groups -OCH3 is 1. The normalized spacial score (nSPS) is 18.4. The third-order valence-electron chi connectivity index (χ3n) is 2.74. The van der Waals surface area contributed by atoms with Crippen molar-refractivity contribution in [1.29, 1.82) is 0 Å². The first-order chi connectivity index (χ1) is 6.81. The lowest BCUT2D eigenvalue weighted by molar-refractivity contribution is 0.318. The number of nitrogens with two attached hydrogens (primary N) is 1. The Morgan fingerprint density at radius 1 is 1.36 bits per heavy atom. The number of ether oxygens (including phenoxy) is 1. The predicted octanol–water partition coefficient (Wildman–Crippen LogP) is 1.37. The highest BCUT2D eigenvalue weighted by Gasteiger charge is 2.19. The van der Waals surface area contributed by atoms with Crippen LogP contribution in [0.2, 0.25) is 0 Å². The largest absolute Gasteiger partial charge is 0.466 e. The van der Waals surface area contributed by atoms with Gasteiger partial charge >= 0.3 is 6.01 Å². The molecule has 2 rings (SSSR count). The van der Waals surface area contributed by atoms with Crippen LogP contribution < -0.4 is 10.5 Å². The van der Waals surface area contributed by atoms with Crippen LogP contribution in [-0.2, 0) is 0 Å². The van der Waals surface area contributed by atoms with E-state index >= 15 is 0 Å². The molecule has 1 aliphatic carbocycles. The summed E-state index contributed by atoms with van der Waals surface area (Å²) >= 11 is 0. The summed E-state index contributed by atoms with van der Waals surface area (Å²) in [6.45, 7) is 0. The molecule has 1 fully saturated rings. The maximum atomic E-state index is 5.76. The number of nitrogen functional groups attached to an aromatic ring is 1. The van der Waals surface area contributed by atoms with E-state index in [1.165, 1.54) is 19.3 Å². The van der Waals surface area contributed by atoms with Crippen LogP contribution in [0, 0.1) is 0 Å². The van der Waals surface area contributed by atoms with Crippen molar-refractivity contribution < 1.29 is 4.74 Å². The fourth-order valence-corrected chi connectivity index (χ4v) is 2.00. The van der Waals surface area contributed by atoms with Crippen LogP contribution in [-0.4, -0.2) is 21.9 Å². The van der Waals surface area contributed by atoms with Crippen LogP contribution in [0.25, 0.3) is 0 Å². The molecule has 1 aliphatic rings. The Bertz CT molecular complexity index is 304. The van der Waals surface area contributed by atoms with E-state index < -0.39 is 0 Å². The highest BCUT2D eigenvalue weighted by atomic mass is 16.5. The minimum Gasteiger partial charge on any atom is -0.466 e. The van der Waals surface area contributed by atoms with E-state index in [0.717, 1.165) is 12.8 Å². The zero-order valence-corrected chi connectivity index (χ0v) is 8.44. The zero-order chi connectivity index (χ0) is 9.97. The van der Waals surface area contributed by atoms with E-state index in [9.17, 15) is 0 Å². The number of hydrogen-bond donors (Lipinski definition) is 1. The second-order valence-electron chi connectivity index (χ2n) is 3.69. The lowest BCUT2D eigenvalue weighted by atomic mass is 9.96. The summed E-state index contributed by atoms with van der Waals surface area (Å²) in [6, 6.07) is 0.785. The number of nitrogens with zero attached hydrogens (tertiary/aromatic N) is 3. The van der Waals surface area contributed by atoms with Gasteiger partial charge in [0.05, 0.1) is 13.2 Å². The van der Waals surface area contributed by atoms with Gasteiger partial charge in [-0.3, -0.25) is 0 Å². The van der Waals surface area contributed by atoms with Crippen molar-refractivity contribution >= 4 is 5.95 Å². The van der Waals surface area contributed by atoms with E-state index in [1.54, 1.807) is 11.8 Å². The Morgan fingerprint density at radius 3 is 2.64 bits per heavy atom. The number of hydrogen-bond acceptors (Lipinski definition) is 4. The van der Waals surface area contributed by atoms with Gasteiger partial charge in [0.2, 0.25) is 5.95 Å². The van der Waals surface area contributed by atoms with Gasteiger partial charge in [-0.25, -0.2) is 4.68 Å². The summed E-state index contributed by atoms with van der Waals surface area (Å²) in [7, 11) is 1.56. The third kappa shape index (κ3) is 1.66. The van der Waals surface area contributed by atoms with Crippen LogP contribution in [0.3, 0.4) is 0 Å². The molecule has 1 aromatic heterocycles. The summed E-state index contributed by atoms with van der Waals surface area (Å²) in [5.74, 6) is 0.466. The average molecular weight is 196 g/mol. The van der Waals surface area contributed by atoms with Crippen molar-refractivity contribution in [2.24, 2.45) is 0 Å². The van der Waals surface area contributed by atoms with Crippen LogP contribution >= 0.6 is 0 Å². The fraction of sp³-hybridized carbons (Fsp3) is 0.778. The molecule has 0 aromatic carbocycles. The number of rotatable bonds is 2. The molecule has 0 saturated heterocycles. The third-order valence-corrected chi connectivity index (χ3v) is 2.74. The number of anilines is 1. The molecule has 1 aromatic rings. The number of aromatic nitrogens is 3. The highest BCUT2D eigenvalue weighted by molar-refractivity contribution is 5.19. The molecule has 0 bridgehead atoms. The quantitative estimate of drug-likeness (QED) is 0.775. The molecule has 0 atom stereocenters. The van der Waals surface area contributed by atoms with Crippen LogP contribution in [0.15, 0.2) is 0 Å². The van der Waals surface area contributed by atoms with Crippen molar-refractivity contribution in [1.82, 2.24) is 14.8 Å². The van der Waals surface area contributed by atoms with Gasteiger partial charge in [0.15, 0.2) is 0 Å². The van der Waals surface area contributed by atoms with Gasteiger partial charge in [0, 0.05) is 0 Å².